The van der Waals surface area contributed by atoms with Crippen LogP contribution >= 0.6 is 12.4 Å². The summed E-state index contributed by atoms with van der Waals surface area (Å²) in [7, 11) is 0. The number of aryl methyl sites for hydroxylation is 1. The Morgan fingerprint density at radius 3 is 2.82 bits per heavy atom. The van der Waals surface area contributed by atoms with Gasteiger partial charge in [-0.1, -0.05) is 37.3 Å². The van der Waals surface area contributed by atoms with E-state index in [1.807, 2.05) is 6.07 Å². The van der Waals surface area contributed by atoms with E-state index in [-0.39, 0.29) is 18.3 Å². The molecule has 0 saturated carbocycles. The lowest BCUT2D eigenvalue weighted by Crippen LogP contribution is -2.35. The minimum absolute atomic E-state index is 0. The summed E-state index contributed by atoms with van der Waals surface area (Å²) in [5.74, 6) is 1.35. The van der Waals surface area contributed by atoms with Crippen LogP contribution in [0.15, 0.2) is 30.3 Å². The van der Waals surface area contributed by atoms with Crippen molar-refractivity contribution in [2.45, 2.75) is 39.0 Å². The topological polar surface area (TPSA) is 41.1 Å². The zero-order chi connectivity index (χ0) is 14.9. The molecule has 0 spiro atoms. The number of carbonyl (C=O) groups is 1. The molecule has 22 heavy (non-hydrogen) atoms. The molecule has 1 heterocycles. The first kappa shape index (κ1) is 19.0. The van der Waals surface area contributed by atoms with Gasteiger partial charge in [0.05, 0.1) is 0 Å². The molecule has 1 saturated heterocycles. The van der Waals surface area contributed by atoms with Gasteiger partial charge in [-0.15, -0.1) is 12.4 Å². The van der Waals surface area contributed by atoms with E-state index in [2.05, 4.69) is 41.8 Å². The van der Waals surface area contributed by atoms with E-state index in [1.165, 1.54) is 18.4 Å². The Labute approximate surface area is 140 Å². The Bertz CT molecular complexity index is 418. The second kappa shape index (κ2) is 10.6. The van der Waals surface area contributed by atoms with Gasteiger partial charge in [-0.3, -0.25) is 4.79 Å². The molecule has 4 heteroatoms. The van der Waals surface area contributed by atoms with Crippen LogP contribution in [0.4, 0.5) is 0 Å². The zero-order valence-electron chi connectivity index (χ0n) is 13.5. The molecule has 1 fully saturated rings. The van der Waals surface area contributed by atoms with E-state index in [1.54, 1.807) is 0 Å². The monoisotopic (exact) mass is 324 g/mol. The Hall–Kier alpha value is -1.06. The minimum atomic E-state index is 0. The number of nitrogens with one attached hydrogen (secondary N) is 2. The number of piperidine rings is 1. The Morgan fingerprint density at radius 1 is 1.36 bits per heavy atom. The maximum Gasteiger partial charge on any atom is 0.220 e. The third-order valence-corrected chi connectivity index (χ3v) is 4.45. The zero-order valence-corrected chi connectivity index (χ0v) is 14.3. The molecule has 2 rings (SSSR count). The minimum Gasteiger partial charge on any atom is -0.356 e. The predicted molar refractivity (Wildman–Crippen MR) is 94.4 cm³/mol. The van der Waals surface area contributed by atoms with Crippen LogP contribution in [0, 0.1) is 11.8 Å². The Balaban J connectivity index is 0.00000242. The maximum absolute atomic E-state index is 12.0. The predicted octanol–water partition coefficient (Wildman–Crippen LogP) is 3.18. The van der Waals surface area contributed by atoms with Gasteiger partial charge in [0.1, 0.15) is 0 Å². The van der Waals surface area contributed by atoms with Gasteiger partial charge in [-0.2, -0.15) is 0 Å². The van der Waals surface area contributed by atoms with Gasteiger partial charge in [0.2, 0.25) is 5.91 Å². The standard InChI is InChI=1S/C18H28N2O.ClH/c1-15(17-10-6-11-19-14-17)13-18(21)20-12-5-9-16-7-3-2-4-8-16;/h2-4,7-8,15,17,19H,5-6,9-14H2,1H3,(H,20,21);1H. The molecule has 2 unspecified atom stereocenters. The average molecular weight is 325 g/mol. The van der Waals surface area contributed by atoms with E-state index in [0.29, 0.717) is 18.3 Å². The summed E-state index contributed by atoms with van der Waals surface area (Å²) in [4.78, 5) is 12.0. The van der Waals surface area contributed by atoms with Crippen molar-refractivity contribution in [3.63, 3.8) is 0 Å². The first-order valence-corrected chi connectivity index (χ1v) is 8.27. The Morgan fingerprint density at radius 2 is 2.14 bits per heavy atom. The van der Waals surface area contributed by atoms with Gasteiger partial charge in [0.15, 0.2) is 0 Å². The van der Waals surface area contributed by atoms with Crippen molar-refractivity contribution >= 4 is 18.3 Å². The molecular weight excluding hydrogens is 296 g/mol. The normalized spacial score (nSPS) is 19.0. The van der Waals surface area contributed by atoms with Gasteiger partial charge in [-0.25, -0.2) is 0 Å². The summed E-state index contributed by atoms with van der Waals surface area (Å²) in [6.45, 7) is 5.20. The molecule has 1 aliphatic rings. The molecule has 0 bridgehead atoms. The van der Waals surface area contributed by atoms with Gasteiger partial charge >= 0.3 is 0 Å². The number of hydrogen-bond acceptors (Lipinski definition) is 2. The van der Waals surface area contributed by atoms with Gasteiger partial charge in [-0.05, 0) is 56.2 Å². The summed E-state index contributed by atoms with van der Waals surface area (Å²) in [6, 6.07) is 10.4. The first-order chi connectivity index (χ1) is 10.3. The summed E-state index contributed by atoms with van der Waals surface area (Å²) in [5.41, 5.74) is 1.34. The molecule has 2 atom stereocenters. The molecule has 0 aliphatic carbocycles. The van der Waals surface area contributed by atoms with Crippen LogP contribution in [0.1, 0.15) is 38.2 Å². The number of hydrogen-bond donors (Lipinski definition) is 2. The van der Waals surface area contributed by atoms with Crippen LogP contribution in [0.3, 0.4) is 0 Å². The highest BCUT2D eigenvalue weighted by Gasteiger charge is 2.21. The number of benzene rings is 1. The molecule has 0 radical (unpaired) electrons. The first-order valence-electron chi connectivity index (χ1n) is 8.27. The van der Waals surface area contributed by atoms with Crippen LogP contribution in [-0.4, -0.2) is 25.5 Å². The van der Waals surface area contributed by atoms with Crippen molar-refractivity contribution in [2.75, 3.05) is 19.6 Å². The molecule has 2 N–H and O–H groups in total. The van der Waals surface area contributed by atoms with Crippen molar-refractivity contribution in [1.82, 2.24) is 10.6 Å². The molecule has 1 amide bonds. The second-order valence-electron chi connectivity index (χ2n) is 6.23. The fraction of sp³-hybridized carbons (Fsp3) is 0.611. The molecule has 1 aromatic rings. The summed E-state index contributed by atoms with van der Waals surface area (Å²) < 4.78 is 0. The van der Waals surface area contributed by atoms with Crippen molar-refractivity contribution in [3.05, 3.63) is 35.9 Å². The number of rotatable bonds is 7. The fourth-order valence-corrected chi connectivity index (χ4v) is 3.06. The van der Waals surface area contributed by atoms with Crippen LogP contribution in [0.5, 0.6) is 0 Å². The third kappa shape index (κ3) is 6.80. The molecule has 1 aromatic carbocycles. The second-order valence-corrected chi connectivity index (χ2v) is 6.23. The van der Waals surface area contributed by atoms with E-state index in [4.69, 9.17) is 0 Å². The highest BCUT2D eigenvalue weighted by Crippen LogP contribution is 2.22. The lowest BCUT2D eigenvalue weighted by molar-refractivity contribution is -0.122. The van der Waals surface area contributed by atoms with Crippen molar-refractivity contribution in [2.24, 2.45) is 11.8 Å². The molecule has 124 valence electrons. The van der Waals surface area contributed by atoms with E-state index in [0.717, 1.165) is 32.5 Å². The summed E-state index contributed by atoms with van der Waals surface area (Å²) in [6.07, 6.45) is 5.21. The van der Waals surface area contributed by atoms with Gasteiger partial charge in [0, 0.05) is 13.0 Å². The molecular formula is C18H29ClN2O. The van der Waals surface area contributed by atoms with E-state index >= 15 is 0 Å². The number of carbonyl (C=O) groups excluding carboxylic acids is 1. The van der Waals surface area contributed by atoms with Crippen LogP contribution < -0.4 is 10.6 Å². The van der Waals surface area contributed by atoms with Gasteiger partial charge in [0.25, 0.3) is 0 Å². The summed E-state index contributed by atoms with van der Waals surface area (Å²) >= 11 is 0. The largest absolute Gasteiger partial charge is 0.356 e. The Kier molecular flexibility index (Phi) is 9.17. The van der Waals surface area contributed by atoms with E-state index < -0.39 is 0 Å². The lowest BCUT2D eigenvalue weighted by Gasteiger charge is -2.28. The fourth-order valence-electron chi connectivity index (χ4n) is 3.06. The SMILES string of the molecule is CC(CC(=O)NCCCc1ccccc1)C1CCCNC1.Cl. The molecule has 0 aromatic heterocycles. The highest BCUT2D eigenvalue weighted by molar-refractivity contribution is 5.85. The van der Waals surface area contributed by atoms with E-state index in [9.17, 15) is 4.79 Å². The number of amides is 1. The van der Waals surface area contributed by atoms with Crippen LogP contribution in [0.2, 0.25) is 0 Å². The molecule has 1 aliphatic heterocycles. The van der Waals surface area contributed by atoms with Crippen molar-refractivity contribution < 1.29 is 4.79 Å². The summed E-state index contributed by atoms with van der Waals surface area (Å²) in [5, 5.41) is 6.49. The van der Waals surface area contributed by atoms with Gasteiger partial charge < -0.3 is 10.6 Å². The third-order valence-electron chi connectivity index (χ3n) is 4.45. The van der Waals surface area contributed by atoms with Crippen LogP contribution in [0.25, 0.3) is 0 Å². The smallest absolute Gasteiger partial charge is 0.220 e. The highest BCUT2D eigenvalue weighted by atomic mass is 35.5. The van der Waals surface area contributed by atoms with Crippen molar-refractivity contribution in [3.8, 4) is 0 Å². The average Bonchev–Trinajstić information content (AvgIpc) is 2.53. The maximum atomic E-state index is 12.0. The number of halogens is 1. The van der Waals surface area contributed by atoms with Crippen LogP contribution in [-0.2, 0) is 11.2 Å². The lowest BCUT2D eigenvalue weighted by atomic mass is 9.85. The quantitative estimate of drug-likeness (QED) is 0.756. The van der Waals surface area contributed by atoms with Crippen molar-refractivity contribution in [1.29, 1.82) is 0 Å². The molecule has 3 nitrogen and oxygen atoms in total.